The van der Waals surface area contributed by atoms with E-state index in [-0.39, 0.29) is 11.3 Å². The molecule has 0 aliphatic carbocycles. The van der Waals surface area contributed by atoms with Gasteiger partial charge in [-0.15, -0.1) is 0 Å². The molecule has 0 atom stereocenters. The molecule has 2 nitrogen and oxygen atoms in total. The Hall–Kier alpha value is -1.31. The molecule has 0 bridgehead atoms. The van der Waals surface area contributed by atoms with E-state index >= 15 is 0 Å². The van der Waals surface area contributed by atoms with Crippen molar-refractivity contribution in [3.05, 3.63) is 35.4 Å². The third kappa shape index (κ3) is 1.65. The average molecular weight is 189 g/mol. The summed E-state index contributed by atoms with van der Waals surface area (Å²) in [6, 6.07) is 7.85. The maximum atomic E-state index is 11.7. The van der Waals surface area contributed by atoms with Crippen LogP contribution < -0.4 is 5.32 Å². The molecule has 1 aliphatic rings. The lowest BCUT2D eigenvalue weighted by Gasteiger charge is -2.21. The van der Waals surface area contributed by atoms with E-state index in [0.717, 1.165) is 24.1 Å². The minimum absolute atomic E-state index is 0.0613. The number of carbonyl (C=O) groups excluding carboxylic acids is 1. The van der Waals surface area contributed by atoms with Crippen molar-refractivity contribution in [2.75, 3.05) is 6.54 Å². The van der Waals surface area contributed by atoms with Gasteiger partial charge in [-0.05, 0) is 23.5 Å². The third-order valence-corrected chi connectivity index (χ3v) is 2.66. The summed E-state index contributed by atoms with van der Waals surface area (Å²) in [6.07, 6.45) is 0.960. The van der Waals surface area contributed by atoms with Crippen LogP contribution in [0.5, 0.6) is 0 Å². The normalized spacial score (nSPS) is 19.4. The van der Waals surface area contributed by atoms with Crippen LogP contribution in [-0.2, 0) is 6.42 Å². The summed E-state index contributed by atoms with van der Waals surface area (Å²) < 4.78 is 0. The van der Waals surface area contributed by atoms with E-state index in [1.165, 1.54) is 0 Å². The van der Waals surface area contributed by atoms with Gasteiger partial charge in [-0.25, -0.2) is 0 Å². The van der Waals surface area contributed by atoms with E-state index in [4.69, 9.17) is 0 Å². The Morgan fingerprint density at radius 1 is 1.29 bits per heavy atom. The Morgan fingerprint density at radius 2 is 2.00 bits per heavy atom. The number of rotatable bonds is 0. The predicted molar refractivity (Wildman–Crippen MR) is 56.3 cm³/mol. The smallest absolute Gasteiger partial charge is 0.251 e. The molecule has 1 heterocycles. The van der Waals surface area contributed by atoms with Crippen LogP contribution in [0.25, 0.3) is 0 Å². The summed E-state index contributed by atoms with van der Waals surface area (Å²) in [5.74, 6) is 0.0613. The highest BCUT2D eigenvalue weighted by molar-refractivity contribution is 5.96. The molecule has 1 amide bonds. The van der Waals surface area contributed by atoms with Gasteiger partial charge in [-0.3, -0.25) is 4.79 Å². The number of carbonyl (C=O) groups is 1. The summed E-state index contributed by atoms with van der Waals surface area (Å²) in [4.78, 5) is 11.7. The highest BCUT2D eigenvalue weighted by Gasteiger charge is 2.26. The number of fused-ring (bicyclic) bond motifs is 1. The van der Waals surface area contributed by atoms with Gasteiger partial charge < -0.3 is 5.32 Å². The summed E-state index contributed by atoms with van der Waals surface area (Å²) in [7, 11) is 0. The number of nitrogens with one attached hydrogen (secondary N) is 1. The molecule has 0 aromatic heterocycles. The van der Waals surface area contributed by atoms with Crippen molar-refractivity contribution in [1.29, 1.82) is 0 Å². The molecule has 14 heavy (non-hydrogen) atoms. The lowest BCUT2D eigenvalue weighted by molar-refractivity contribution is 0.0945. The first kappa shape index (κ1) is 9.25. The molecule has 1 aliphatic heterocycles. The number of benzene rings is 1. The molecule has 0 saturated heterocycles. The van der Waals surface area contributed by atoms with Crippen LogP contribution in [-0.4, -0.2) is 12.5 Å². The van der Waals surface area contributed by atoms with Gasteiger partial charge >= 0.3 is 0 Å². The van der Waals surface area contributed by atoms with Gasteiger partial charge in [-0.2, -0.15) is 0 Å². The highest BCUT2D eigenvalue weighted by atomic mass is 16.1. The Labute approximate surface area is 84.3 Å². The summed E-state index contributed by atoms with van der Waals surface area (Å²) in [5.41, 5.74) is 2.15. The molecule has 74 valence electrons. The van der Waals surface area contributed by atoms with Crippen molar-refractivity contribution >= 4 is 5.91 Å². The quantitative estimate of drug-likeness (QED) is 0.664. The lowest BCUT2D eigenvalue weighted by atomic mass is 9.85. The van der Waals surface area contributed by atoms with Gasteiger partial charge in [0.1, 0.15) is 0 Å². The summed E-state index contributed by atoms with van der Waals surface area (Å²) in [6.45, 7) is 5.10. The maximum Gasteiger partial charge on any atom is 0.251 e. The van der Waals surface area contributed by atoms with Crippen molar-refractivity contribution in [2.45, 2.75) is 20.3 Å². The Balaban J connectivity index is 2.46. The Morgan fingerprint density at radius 3 is 2.79 bits per heavy atom. The van der Waals surface area contributed by atoms with Crippen LogP contribution in [0.4, 0.5) is 0 Å². The lowest BCUT2D eigenvalue weighted by Crippen LogP contribution is -2.31. The first-order chi connectivity index (χ1) is 6.58. The fourth-order valence-corrected chi connectivity index (χ4v) is 1.89. The zero-order valence-electron chi connectivity index (χ0n) is 8.63. The van der Waals surface area contributed by atoms with Crippen LogP contribution in [0.3, 0.4) is 0 Å². The Bertz CT molecular complexity index is 368. The summed E-state index contributed by atoms with van der Waals surface area (Å²) >= 11 is 0. The van der Waals surface area contributed by atoms with Gasteiger partial charge in [0.15, 0.2) is 0 Å². The van der Waals surface area contributed by atoms with Gasteiger partial charge in [-0.1, -0.05) is 32.0 Å². The largest absolute Gasteiger partial charge is 0.351 e. The fraction of sp³-hybridized carbons (Fsp3) is 0.417. The van der Waals surface area contributed by atoms with Crippen LogP contribution in [0, 0.1) is 5.41 Å². The first-order valence-electron chi connectivity index (χ1n) is 4.95. The minimum atomic E-state index is 0.0613. The summed E-state index contributed by atoms with van der Waals surface area (Å²) in [5, 5.41) is 2.95. The van der Waals surface area contributed by atoms with Crippen LogP contribution in [0.1, 0.15) is 29.8 Å². The fourth-order valence-electron chi connectivity index (χ4n) is 1.89. The van der Waals surface area contributed by atoms with Crippen LogP contribution in [0.15, 0.2) is 24.3 Å². The number of hydrogen-bond donors (Lipinski definition) is 1. The van der Waals surface area contributed by atoms with Crippen molar-refractivity contribution in [1.82, 2.24) is 5.32 Å². The Kier molecular flexibility index (Phi) is 2.06. The standard InChI is InChI=1S/C12H15NO/c1-12(2)7-9-5-3-4-6-10(9)11(14)13-8-12/h3-6H,7-8H2,1-2H3,(H,13,14). The van der Waals surface area contributed by atoms with Crippen LogP contribution >= 0.6 is 0 Å². The van der Waals surface area contributed by atoms with E-state index in [1.54, 1.807) is 0 Å². The van der Waals surface area contributed by atoms with E-state index in [2.05, 4.69) is 19.2 Å². The molecule has 0 spiro atoms. The molecule has 1 aromatic rings. The zero-order valence-corrected chi connectivity index (χ0v) is 8.63. The molecule has 1 N–H and O–H groups in total. The maximum absolute atomic E-state index is 11.7. The van der Waals surface area contributed by atoms with Gasteiger partial charge in [0, 0.05) is 12.1 Å². The molecule has 0 radical (unpaired) electrons. The van der Waals surface area contributed by atoms with Crippen molar-refractivity contribution < 1.29 is 4.79 Å². The first-order valence-corrected chi connectivity index (χ1v) is 4.95. The zero-order chi connectivity index (χ0) is 10.2. The van der Waals surface area contributed by atoms with Gasteiger partial charge in [0.25, 0.3) is 5.91 Å². The number of amides is 1. The molecular weight excluding hydrogens is 174 g/mol. The van der Waals surface area contributed by atoms with E-state index in [0.29, 0.717) is 0 Å². The molecule has 0 unspecified atom stereocenters. The molecular formula is C12H15NO. The minimum Gasteiger partial charge on any atom is -0.351 e. The van der Waals surface area contributed by atoms with Crippen molar-refractivity contribution in [3.63, 3.8) is 0 Å². The monoisotopic (exact) mass is 189 g/mol. The van der Waals surface area contributed by atoms with Crippen molar-refractivity contribution in [2.24, 2.45) is 5.41 Å². The van der Waals surface area contributed by atoms with Gasteiger partial charge in [0.2, 0.25) is 0 Å². The third-order valence-electron chi connectivity index (χ3n) is 2.66. The molecule has 2 rings (SSSR count). The van der Waals surface area contributed by atoms with Gasteiger partial charge in [0.05, 0.1) is 0 Å². The van der Waals surface area contributed by atoms with Crippen LogP contribution in [0.2, 0.25) is 0 Å². The second-order valence-electron chi connectivity index (χ2n) is 4.68. The van der Waals surface area contributed by atoms with E-state index in [1.807, 2.05) is 24.3 Å². The van der Waals surface area contributed by atoms with E-state index in [9.17, 15) is 4.79 Å². The van der Waals surface area contributed by atoms with Crippen molar-refractivity contribution in [3.8, 4) is 0 Å². The highest BCUT2D eigenvalue weighted by Crippen LogP contribution is 2.25. The van der Waals surface area contributed by atoms with E-state index < -0.39 is 0 Å². The average Bonchev–Trinajstić information content (AvgIpc) is 2.25. The molecule has 0 fully saturated rings. The SMILES string of the molecule is CC1(C)CNC(=O)c2ccccc2C1. The topological polar surface area (TPSA) is 29.1 Å². The number of hydrogen-bond acceptors (Lipinski definition) is 1. The molecule has 2 heteroatoms. The molecule has 0 saturated carbocycles. The second kappa shape index (κ2) is 3.12. The second-order valence-corrected chi connectivity index (χ2v) is 4.68. The molecule has 1 aromatic carbocycles. The predicted octanol–water partition coefficient (Wildman–Crippen LogP) is 2.00.